The van der Waals surface area contributed by atoms with E-state index in [1.165, 1.54) is 16.9 Å². The Morgan fingerprint density at radius 3 is 2.74 bits per heavy atom. The van der Waals surface area contributed by atoms with Gasteiger partial charge in [-0.1, -0.05) is 25.0 Å². The molecule has 6 heteroatoms. The summed E-state index contributed by atoms with van der Waals surface area (Å²) >= 11 is 0. The van der Waals surface area contributed by atoms with Crippen molar-refractivity contribution in [3.8, 4) is 5.69 Å². The lowest BCUT2D eigenvalue weighted by atomic mass is 10.1. The van der Waals surface area contributed by atoms with Crippen molar-refractivity contribution in [2.45, 2.75) is 45.2 Å². The average molecular weight is 367 g/mol. The smallest absolute Gasteiger partial charge is 0.257 e. The first kappa shape index (κ1) is 17.5. The summed E-state index contributed by atoms with van der Waals surface area (Å²) in [6.45, 7) is 2.23. The largest absolute Gasteiger partial charge is 0.467 e. The predicted molar refractivity (Wildman–Crippen MR) is 99.1 cm³/mol. The molecule has 1 amide bonds. The van der Waals surface area contributed by atoms with Gasteiger partial charge in [-0.25, -0.2) is 9.07 Å². The number of aromatic nitrogens is 2. The quantitative estimate of drug-likeness (QED) is 0.667. The summed E-state index contributed by atoms with van der Waals surface area (Å²) in [6, 6.07) is 10.3. The minimum atomic E-state index is -0.370. The molecule has 1 saturated carbocycles. The van der Waals surface area contributed by atoms with Gasteiger partial charge in [0.05, 0.1) is 30.3 Å². The Kier molecular flexibility index (Phi) is 4.79. The van der Waals surface area contributed by atoms with Gasteiger partial charge in [0, 0.05) is 6.04 Å². The highest BCUT2D eigenvalue weighted by atomic mass is 19.1. The number of benzene rings is 1. The summed E-state index contributed by atoms with van der Waals surface area (Å²) in [5, 5.41) is 4.28. The second kappa shape index (κ2) is 7.39. The van der Waals surface area contributed by atoms with E-state index in [2.05, 4.69) is 5.10 Å². The monoisotopic (exact) mass is 367 g/mol. The van der Waals surface area contributed by atoms with E-state index in [0.717, 1.165) is 31.4 Å². The normalized spacial score (nSPS) is 14.6. The summed E-state index contributed by atoms with van der Waals surface area (Å²) in [4.78, 5) is 15.2. The summed E-state index contributed by atoms with van der Waals surface area (Å²) in [5.74, 6) is 0.304. The molecule has 0 atom stereocenters. The van der Waals surface area contributed by atoms with Crippen LogP contribution in [0.25, 0.3) is 5.69 Å². The van der Waals surface area contributed by atoms with Gasteiger partial charge >= 0.3 is 0 Å². The van der Waals surface area contributed by atoms with Crippen LogP contribution in [0.1, 0.15) is 47.5 Å². The minimum absolute atomic E-state index is 0.0848. The van der Waals surface area contributed by atoms with Crippen molar-refractivity contribution in [3.63, 3.8) is 0 Å². The van der Waals surface area contributed by atoms with E-state index < -0.39 is 0 Å². The van der Waals surface area contributed by atoms with Crippen molar-refractivity contribution in [1.82, 2.24) is 14.7 Å². The highest BCUT2D eigenvalue weighted by Crippen LogP contribution is 2.28. The molecule has 0 saturated heterocycles. The molecular formula is C21H22FN3O2. The molecule has 1 aliphatic rings. The lowest BCUT2D eigenvalue weighted by molar-refractivity contribution is 0.0648. The molecule has 0 spiro atoms. The van der Waals surface area contributed by atoms with Crippen LogP contribution in [0, 0.1) is 12.7 Å². The lowest BCUT2D eigenvalue weighted by Gasteiger charge is -2.28. The first-order valence-corrected chi connectivity index (χ1v) is 9.28. The molecule has 5 nitrogen and oxygen atoms in total. The number of amides is 1. The standard InChI is InChI=1S/C21H22FN3O2/c1-15-18(13-23-25(15)20-11-5-4-10-19(20)22)21(26)24(16-7-2-3-8-16)14-17-9-6-12-27-17/h4-6,9-13,16H,2-3,7-8,14H2,1H3. The average Bonchev–Trinajstić information content (AvgIpc) is 3.42. The Morgan fingerprint density at radius 2 is 2.04 bits per heavy atom. The van der Waals surface area contributed by atoms with Crippen LogP contribution in [0.4, 0.5) is 4.39 Å². The van der Waals surface area contributed by atoms with E-state index in [1.807, 2.05) is 17.0 Å². The fourth-order valence-corrected chi connectivity index (χ4v) is 3.79. The van der Waals surface area contributed by atoms with Crippen LogP contribution >= 0.6 is 0 Å². The molecule has 1 aromatic carbocycles. The second-order valence-corrected chi connectivity index (χ2v) is 6.96. The van der Waals surface area contributed by atoms with E-state index in [9.17, 15) is 9.18 Å². The van der Waals surface area contributed by atoms with Gasteiger partial charge in [-0.05, 0) is 44.0 Å². The molecule has 2 aromatic heterocycles. The van der Waals surface area contributed by atoms with Gasteiger partial charge in [0.1, 0.15) is 17.3 Å². The SMILES string of the molecule is Cc1c(C(=O)N(Cc2ccco2)C2CCCC2)cnn1-c1ccccc1F. The molecule has 2 heterocycles. The molecular weight excluding hydrogens is 345 g/mol. The fraction of sp³-hybridized carbons (Fsp3) is 0.333. The van der Waals surface area contributed by atoms with E-state index in [4.69, 9.17) is 4.42 Å². The van der Waals surface area contributed by atoms with E-state index in [-0.39, 0.29) is 17.8 Å². The number of hydrogen-bond acceptors (Lipinski definition) is 3. The number of furan rings is 1. The Balaban J connectivity index is 1.66. The zero-order valence-electron chi connectivity index (χ0n) is 15.3. The van der Waals surface area contributed by atoms with Gasteiger partial charge in [-0.15, -0.1) is 0 Å². The third kappa shape index (κ3) is 3.39. The van der Waals surface area contributed by atoms with Crippen LogP contribution in [-0.2, 0) is 6.54 Å². The molecule has 0 radical (unpaired) electrons. The van der Waals surface area contributed by atoms with Crippen LogP contribution in [0.15, 0.2) is 53.3 Å². The topological polar surface area (TPSA) is 51.3 Å². The number of rotatable bonds is 5. The molecule has 27 heavy (non-hydrogen) atoms. The first-order valence-electron chi connectivity index (χ1n) is 9.28. The maximum atomic E-state index is 14.2. The molecule has 0 unspecified atom stereocenters. The zero-order valence-corrected chi connectivity index (χ0v) is 15.3. The van der Waals surface area contributed by atoms with Gasteiger partial charge in [0.25, 0.3) is 5.91 Å². The third-order valence-corrected chi connectivity index (χ3v) is 5.25. The molecule has 0 bridgehead atoms. The minimum Gasteiger partial charge on any atom is -0.467 e. The van der Waals surface area contributed by atoms with Crippen molar-refractivity contribution >= 4 is 5.91 Å². The summed E-state index contributed by atoms with van der Waals surface area (Å²) in [6.07, 6.45) is 7.39. The fourth-order valence-electron chi connectivity index (χ4n) is 3.79. The van der Waals surface area contributed by atoms with Crippen LogP contribution < -0.4 is 0 Å². The van der Waals surface area contributed by atoms with Gasteiger partial charge in [-0.3, -0.25) is 4.79 Å². The van der Waals surface area contributed by atoms with Crippen molar-refractivity contribution < 1.29 is 13.6 Å². The number of carbonyl (C=O) groups excluding carboxylic acids is 1. The molecule has 3 aromatic rings. The molecule has 140 valence electrons. The van der Waals surface area contributed by atoms with E-state index in [0.29, 0.717) is 23.5 Å². The Bertz CT molecular complexity index is 927. The third-order valence-electron chi connectivity index (χ3n) is 5.25. The molecule has 4 rings (SSSR count). The first-order chi connectivity index (χ1) is 13.1. The van der Waals surface area contributed by atoms with Crippen LogP contribution in [-0.4, -0.2) is 26.6 Å². The summed E-state index contributed by atoms with van der Waals surface area (Å²) in [5.41, 5.74) is 1.47. The van der Waals surface area contributed by atoms with Crippen molar-refractivity contribution in [3.05, 3.63) is 71.7 Å². The van der Waals surface area contributed by atoms with Gasteiger partial charge in [0.15, 0.2) is 0 Å². The Hall–Kier alpha value is -2.89. The number of hydrogen-bond donors (Lipinski definition) is 0. The maximum Gasteiger partial charge on any atom is 0.257 e. The molecule has 0 N–H and O–H groups in total. The highest BCUT2D eigenvalue weighted by Gasteiger charge is 2.30. The summed E-state index contributed by atoms with van der Waals surface area (Å²) < 4.78 is 21.1. The molecule has 1 aliphatic carbocycles. The predicted octanol–water partition coefficient (Wildman–Crippen LogP) is 4.50. The van der Waals surface area contributed by atoms with Gasteiger partial charge in [-0.2, -0.15) is 5.10 Å². The molecule has 0 aliphatic heterocycles. The number of nitrogens with zero attached hydrogens (tertiary/aromatic N) is 3. The second-order valence-electron chi connectivity index (χ2n) is 6.96. The van der Waals surface area contributed by atoms with E-state index in [1.54, 1.807) is 31.4 Å². The number of halogens is 1. The van der Waals surface area contributed by atoms with Crippen LogP contribution in [0.3, 0.4) is 0 Å². The van der Waals surface area contributed by atoms with Gasteiger partial charge in [0.2, 0.25) is 0 Å². The van der Waals surface area contributed by atoms with Crippen LogP contribution in [0.5, 0.6) is 0 Å². The Labute approximate surface area is 157 Å². The molecule has 1 fully saturated rings. The van der Waals surface area contributed by atoms with Crippen molar-refractivity contribution in [1.29, 1.82) is 0 Å². The highest BCUT2D eigenvalue weighted by molar-refractivity contribution is 5.95. The number of carbonyl (C=O) groups is 1. The lowest BCUT2D eigenvalue weighted by Crippen LogP contribution is -2.38. The van der Waals surface area contributed by atoms with Crippen LogP contribution in [0.2, 0.25) is 0 Å². The summed E-state index contributed by atoms with van der Waals surface area (Å²) in [7, 11) is 0. The maximum absolute atomic E-state index is 14.2. The number of para-hydroxylation sites is 1. The zero-order chi connectivity index (χ0) is 18.8. The van der Waals surface area contributed by atoms with Crippen molar-refractivity contribution in [2.24, 2.45) is 0 Å². The Morgan fingerprint density at radius 1 is 1.26 bits per heavy atom. The van der Waals surface area contributed by atoms with Crippen molar-refractivity contribution in [2.75, 3.05) is 0 Å². The van der Waals surface area contributed by atoms with E-state index >= 15 is 0 Å². The van der Waals surface area contributed by atoms with Gasteiger partial charge < -0.3 is 9.32 Å².